The van der Waals surface area contributed by atoms with Crippen LogP contribution < -0.4 is 9.47 Å². The molecular weight excluding hydrogens is 723 g/mol. The summed E-state index contributed by atoms with van der Waals surface area (Å²) in [6.07, 6.45) is -1.22. The molecular formula is C46H51N2O7P. The first kappa shape index (κ1) is 39.9. The molecule has 0 saturated carbocycles. The third-order valence-electron chi connectivity index (χ3n) is 10.7. The average molecular weight is 775 g/mol. The average Bonchev–Trinajstić information content (AvgIpc) is 3.72. The van der Waals surface area contributed by atoms with E-state index in [0.717, 1.165) is 44.5 Å². The van der Waals surface area contributed by atoms with Crippen LogP contribution in [0.4, 0.5) is 0 Å². The fraction of sp³-hybridized carbons (Fsp3) is 0.370. The lowest BCUT2D eigenvalue weighted by Crippen LogP contribution is -2.49. The van der Waals surface area contributed by atoms with Crippen LogP contribution in [-0.2, 0) is 28.9 Å². The molecule has 0 aromatic heterocycles. The van der Waals surface area contributed by atoms with E-state index < -0.39 is 38.0 Å². The van der Waals surface area contributed by atoms with Crippen molar-refractivity contribution < 1.29 is 32.7 Å². The minimum atomic E-state index is -1.64. The summed E-state index contributed by atoms with van der Waals surface area (Å²) in [6, 6.07) is 43.4. The molecule has 0 aliphatic carbocycles. The van der Waals surface area contributed by atoms with Crippen molar-refractivity contribution in [2.75, 3.05) is 34.0 Å². The van der Waals surface area contributed by atoms with Gasteiger partial charge < -0.3 is 32.7 Å². The van der Waals surface area contributed by atoms with Crippen molar-refractivity contribution in [1.29, 1.82) is 5.26 Å². The molecule has 1 unspecified atom stereocenters. The normalized spacial score (nSPS) is 21.2. The molecule has 2 heterocycles. The zero-order chi connectivity index (χ0) is 39.3. The Morgan fingerprint density at radius 2 is 1.38 bits per heavy atom. The Kier molecular flexibility index (Phi) is 12.4. The molecule has 7 rings (SSSR count). The molecule has 9 nitrogen and oxygen atoms in total. The Morgan fingerprint density at radius 1 is 0.786 bits per heavy atom. The first-order valence-corrected chi connectivity index (χ1v) is 20.4. The monoisotopic (exact) mass is 774 g/mol. The maximum absolute atomic E-state index is 9.44. The minimum absolute atomic E-state index is 0.112. The van der Waals surface area contributed by atoms with E-state index in [1.165, 1.54) is 0 Å². The molecule has 0 radical (unpaired) electrons. The van der Waals surface area contributed by atoms with Crippen LogP contribution in [0.2, 0.25) is 0 Å². The standard InChI is InChI=1S/C46H51N2O7P/c1-32(2)48(33(3)4)56(53-29-13-28-47)55-44-43-42(41-19-12-15-34-14-10-11-18-40(34)41)54-45(44,30-51-43)31-52-46(35-16-8-7-9-17-35,36-20-24-38(49-5)25-21-36)37-22-26-39(50-6)27-23-37/h7-12,14-27,32-33,42-44H,13,29-31H2,1-6H3/t42-,43+,44-,45+,56?/m0/s1. The molecule has 5 aromatic carbocycles. The SMILES string of the molecule is COc1ccc(C(OC[C@@]23CO[C@H]([C@H](c4cccc5ccccc45)O2)[C@@H]3OP(OCCC#N)N(C(C)C)C(C)C)(c2ccccc2)c2ccc(OC)cc2)cc1. The second kappa shape index (κ2) is 17.4. The Morgan fingerprint density at radius 3 is 1.98 bits per heavy atom. The van der Waals surface area contributed by atoms with Gasteiger partial charge in [-0.25, -0.2) is 4.67 Å². The fourth-order valence-electron chi connectivity index (χ4n) is 8.12. The molecule has 0 spiro atoms. The summed E-state index contributed by atoms with van der Waals surface area (Å²) >= 11 is 0. The second-order valence-electron chi connectivity index (χ2n) is 14.8. The van der Waals surface area contributed by atoms with Crippen molar-refractivity contribution in [2.45, 2.75) is 75.7 Å². The first-order chi connectivity index (χ1) is 27.2. The number of ether oxygens (including phenoxy) is 5. The van der Waals surface area contributed by atoms with E-state index in [1.54, 1.807) is 14.2 Å². The van der Waals surface area contributed by atoms with Crippen LogP contribution >= 0.6 is 8.53 Å². The lowest BCUT2D eigenvalue weighted by atomic mass is 9.79. The molecule has 0 N–H and O–H groups in total. The molecule has 2 aliphatic rings. The second-order valence-corrected chi connectivity index (χ2v) is 16.2. The summed E-state index contributed by atoms with van der Waals surface area (Å²) in [4.78, 5) is 0. The van der Waals surface area contributed by atoms with Crippen LogP contribution in [0.15, 0.2) is 121 Å². The van der Waals surface area contributed by atoms with Crippen LogP contribution in [0, 0.1) is 11.3 Å². The van der Waals surface area contributed by atoms with E-state index in [-0.39, 0.29) is 38.3 Å². The van der Waals surface area contributed by atoms with Crippen molar-refractivity contribution >= 4 is 19.3 Å². The van der Waals surface area contributed by atoms with E-state index >= 15 is 0 Å². The number of hydrogen-bond acceptors (Lipinski definition) is 9. The van der Waals surface area contributed by atoms with Gasteiger partial charge in [0, 0.05) is 12.1 Å². The number of hydrogen-bond donors (Lipinski definition) is 0. The van der Waals surface area contributed by atoms with E-state index in [4.69, 9.17) is 32.7 Å². The van der Waals surface area contributed by atoms with Gasteiger partial charge in [-0.1, -0.05) is 97.1 Å². The van der Waals surface area contributed by atoms with Crippen LogP contribution in [0.5, 0.6) is 11.5 Å². The van der Waals surface area contributed by atoms with E-state index in [2.05, 4.69) is 111 Å². The zero-order valence-electron chi connectivity index (χ0n) is 33.0. The molecule has 2 saturated heterocycles. The van der Waals surface area contributed by atoms with Gasteiger partial charge in [0.2, 0.25) is 0 Å². The highest BCUT2D eigenvalue weighted by atomic mass is 31.2. The summed E-state index contributed by atoms with van der Waals surface area (Å²) in [5, 5.41) is 11.7. The molecule has 292 valence electrons. The molecule has 10 heteroatoms. The van der Waals surface area contributed by atoms with Gasteiger partial charge in [-0.15, -0.1) is 0 Å². The van der Waals surface area contributed by atoms with Crippen molar-refractivity contribution in [3.8, 4) is 17.6 Å². The summed E-state index contributed by atoms with van der Waals surface area (Å²) in [6.45, 7) is 9.17. The molecule has 0 amide bonds. The van der Waals surface area contributed by atoms with Crippen molar-refractivity contribution in [1.82, 2.24) is 4.67 Å². The van der Waals surface area contributed by atoms with Crippen LogP contribution in [0.3, 0.4) is 0 Å². The zero-order valence-corrected chi connectivity index (χ0v) is 33.9. The largest absolute Gasteiger partial charge is 0.497 e. The van der Waals surface area contributed by atoms with Gasteiger partial charge in [-0.2, -0.15) is 5.26 Å². The van der Waals surface area contributed by atoms with E-state index in [1.807, 2.05) is 48.5 Å². The van der Waals surface area contributed by atoms with Gasteiger partial charge in [0.1, 0.15) is 41.0 Å². The first-order valence-electron chi connectivity index (χ1n) is 19.3. The predicted octanol–water partition coefficient (Wildman–Crippen LogP) is 9.74. The van der Waals surface area contributed by atoms with Gasteiger partial charge >= 0.3 is 0 Å². The molecule has 2 bridgehead atoms. The minimum Gasteiger partial charge on any atom is -0.497 e. The van der Waals surface area contributed by atoms with Crippen molar-refractivity contribution in [3.63, 3.8) is 0 Å². The highest BCUT2D eigenvalue weighted by Crippen LogP contribution is 2.57. The summed E-state index contributed by atoms with van der Waals surface area (Å²) in [5.41, 5.74) is 1.67. The maximum atomic E-state index is 9.44. The fourth-order valence-corrected chi connectivity index (χ4v) is 9.93. The van der Waals surface area contributed by atoms with Crippen LogP contribution in [0.1, 0.15) is 62.5 Å². The topological polar surface area (TPSA) is 91.6 Å². The number of benzene rings is 5. The van der Waals surface area contributed by atoms with E-state index in [9.17, 15) is 5.26 Å². The molecule has 2 fully saturated rings. The van der Waals surface area contributed by atoms with Crippen molar-refractivity contribution in [2.24, 2.45) is 0 Å². The highest BCUT2D eigenvalue weighted by Gasteiger charge is 2.65. The summed E-state index contributed by atoms with van der Waals surface area (Å²) < 4.78 is 48.7. The summed E-state index contributed by atoms with van der Waals surface area (Å²) in [5.74, 6) is 1.48. The maximum Gasteiger partial charge on any atom is 0.259 e. The molecule has 56 heavy (non-hydrogen) atoms. The Bertz CT molecular complexity index is 2030. The summed E-state index contributed by atoms with van der Waals surface area (Å²) in [7, 11) is 1.69. The third-order valence-corrected chi connectivity index (χ3v) is 12.8. The number of nitrogens with zero attached hydrogens (tertiary/aromatic N) is 2. The quantitative estimate of drug-likeness (QED) is 0.0520. The number of rotatable bonds is 17. The van der Waals surface area contributed by atoms with Crippen LogP contribution in [0.25, 0.3) is 10.8 Å². The lowest BCUT2D eigenvalue weighted by Gasteiger charge is -2.41. The molecule has 5 atom stereocenters. The smallest absolute Gasteiger partial charge is 0.259 e. The van der Waals surface area contributed by atoms with Crippen molar-refractivity contribution in [3.05, 3.63) is 144 Å². The molecule has 5 aromatic rings. The molecule has 2 aliphatic heterocycles. The highest BCUT2D eigenvalue weighted by molar-refractivity contribution is 7.44. The van der Waals surface area contributed by atoms with Gasteiger partial charge in [-0.05, 0) is 85.0 Å². The number of nitriles is 1. The van der Waals surface area contributed by atoms with Gasteiger partial charge in [-0.3, -0.25) is 0 Å². The van der Waals surface area contributed by atoms with Gasteiger partial charge in [0.25, 0.3) is 8.53 Å². The number of fused-ring (bicyclic) bond motifs is 3. The lowest BCUT2D eigenvalue weighted by molar-refractivity contribution is -0.183. The Balaban J connectivity index is 1.36. The Labute approximate surface area is 332 Å². The van der Waals surface area contributed by atoms with Gasteiger partial charge in [0.05, 0.1) is 46.5 Å². The third kappa shape index (κ3) is 7.68. The van der Waals surface area contributed by atoms with Crippen LogP contribution in [-0.4, -0.2) is 68.6 Å². The van der Waals surface area contributed by atoms with Gasteiger partial charge in [0.15, 0.2) is 0 Å². The van der Waals surface area contributed by atoms with E-state index in [0.29, 0.717) is 0 Å². The predicted molar refractivity (Wildman–Crippen MR) is 219 cm³/mol. The Hall–Kier alpha value is -4.36. The number of methoxy groups -OCH3 is 2.